The van der Waals surface area contributed by atoms with Crippen molar-refractivity contribution in [2.24, 2.45) is 0 Å². The van der Waals surface area contributed by atoms with Crippen LogP contribution >= 0.6 is 31.9 Å². The third-order valence-electron chi connectivity index (χ3n) is 3.51. The number of ether oxygens (including phenoxy) is 1. The van der Waals surface area contributed by atoms with Gasteiger partial charge in [0.05, 0.1) is 8.95 Å². The predicted molar refractivity (Wildman–Crippen MR) is 106 cm³/mol. The molecule has 1 heterocycles. The molecule has 2 aromatic carbocycles. The van der Waals surface area contributed by atoms with Crippen LogP contribution in [0.2, 0.25) is 0 Å². The van der Waals surface area contributed by atoms with Gasteiger partial charge in [0.2, 0.25) is 0 Å². The van der Waals surface area contributed by atoms with Crippen LogP contribution in [0.5, 0.6) is 5.75 Å². The maximum atomic E-state index is 6.01. The Kier molecular flexibility index (Phi) is 5.83. The summed E-state index contributed by atoms with van der Waals surface area (Å²) in [6.45, 7) is 0.498. The van der Waals surface area contributed by atoms with Crippen molar-refractivity contribution in [2.75, 3.05) is 0 Å². The number of para-hydroxylation sites is 1. The molecule has 0 aliphatic rings. The van der Waals surface area contributed by atoms with E-state index in [9.17, 15) is 0 Å². The van der Waals surface area contributed by atoms with Gasteiger partial charge in [0, 0.05) is 12.4 Å². The Morgan fingerprint density at radius 3 is 2.29 bits per heavy atom. The standard InChI is InChI=1S/C20H15Br2NO/c21-18-6-3-7-19(22)20(18)24-14-17-5-2-1-4-16(17)9-8-15-10-12-23-13-11-15/h1-13H,14H2. The molecule has 4 heteroatoms. The maximum Gasteiger partial charge on any atom is 0.148 e. The summed E-state index contributed by atoms with van der Waals surface area (Å²) in [5, 5.41) is 0. The van der Waals surface area contributed by atoms with Crippen LogP contribution in [-0.4, -0.2) is 4.98 Å². The molecular weight excluding hydrogens is 430 g/mol. The molecule has 0 spiro atoms. The number of aromatic nitrogens is 1. The summed E-state index contributed by atoms with van der Waals surface area (Å²) in [4.78, 5) is 4.03. The summed E-state index contributed by atoms with van der Waals surface area (Å²) < 4.78 is 7.87. The normalized spacial score (nSPS) is 10.9. The van der Waals surface area contributed by atoms with E-state index in [1.54, 1.807) is 12.4 Å². The van der Waals surface area contributed by atoms with E-state index in [1.165, 1.54) is 0 Å². The minimum Gasteiger partial charge on any atom is -0.487 e. The fourth-order valence-corrected chi connectivity index (χ4v) is 3.49. The Balaban J connectivity index is 1.78. The minimum atomic E-state index is 0.498. The minimum absolute atomic E-state index is 0.498. The molecule has 3 aromatic rings. The summed E-state index contributed by atoms with van der Waals surface area (Å²) in [5.41, 5.74) is 3.39. The van der Waals surface area contributed by atoms with E-state index in [1.807, 2.05) is 42.5 Å². The zero-order chi connectivity index (χ0) is 16.8. The molecule has 0 aliphatic heterocycles. The van der Waals surface area contributed by atoms with E-state index >= 15 is 0 Å². The number of nitrogens with zero attached hydrogens (tertiary/aromatic N) is 1. The van der Waals surface area contributed by atoms with Crippen LogP contribution in [0.1, 0.15) is 16.7 Å². The second-order valence-electron chi connectivity index (χ2n) is 5.15. The van der Waals surface area contributed by atoms with Crippen molar-refractivity contribution in [1.29, 1.82) is 0 Å². The van der Waals surface area contributed by atoms with Gasteiger partial charge in [-0.2, -0.15) is 0 Å². The second-order valence-corrected chi connectivity index (χ2v) is 6.86. The van der Waals surface area contributed by atoms with E-state index in [4.69, 9.17) is 4.74 Å². The first-order valence-electron chi connectivity index (χ1n) is 7.47. The van der Waals surface area contributed by atoms with Crippen LogP contribution in [0.4, 0.5) is 0 Å². The molecule has 0 radical (unpaired) electrons. The molecule has 0 fully saturated rings. The summed E-state index contributed by atoms with van der Waals surface area (Å²) >= 11 is 7.05. The van der Waals surface area contributed by atoms with Crippen LogP contribution in [0.25, 0.3) is 12.2 Å². The van der Waals surface area contributed by atoms with Crippen LogP contribution < -0.4 is 4.74 Å². The lowest BCUT2D eigenvalue weighted by molar-refractivity contribution is 0.302. The average molecular weight is 445 g/mol. The first-order valence-corrected chi connectivity index (χ1v) is 9.05. The summed E-state index contributed by atoms with van der Waals surface area (Å²) in [6.07, 6.45) is 7.76. The molecule has 0 saturated heterocycles. The lowest BCUT2D eigenvalue weighted by Gasteiger charge is -2.12. The molecule has 0 saturated carbocycles. The van der Waals surface area contributed by atoms with Crippen molar-refractivity contribution in [3.05, 3.63) is 92.6 Å². The Morgan fingerprint density at radius 2 is 1.54 bits per heavy atom. The zero-order valence-electron chi connectivity index (χ0n) is 12.8. The molecule has 24 heavy (non-hydrogen) atoms. The Morgan fingerprint density at radius 1 is 0.833 bits per heavy atom. The molecule has 0 bridgehead atoms. The smallest absolute Gasteiger partial charge is 0.148 e. The average Bonchev–Trinajstić information content (AvgIpc) is 2.61. The fourth-order valence-electron chi connectivity index (χ4n) is 2.26. The largest absolute Gasteiger partial charge is 0.487 e. The molecule has 3 rings (SSSR count). The zero-order valence-corrected chi connectivity index (χ0v) is 16.0. The van der Waals surface area contributed by atoms with Crippen LogP contribution in [0, 0.1) is 0 Å². The van der Waals surface area contributed by atoms with Crippen molar-refractivity contribution in [3.63, 3.8) is 0 Å². The Labute approximate surface area is 158 Å². The third-order valence-corrected chi connectivity index (χ3v) is 4.76. The molecule has 1 aromatic heterocycles. The summed E-state index contributed by atoms with van der Waals surface area (Å²) in [7, 11) is 0. The number of hydrogen-bond donors (Lipinski definition) is 0. The molecule has 0 atom stereocenters. The van der Waals surface area contributed by atoms with E-state index in [2.05, 4.69) is 61.1 Å². The summed E-state index contributed by atoms with van der Waals surface area (Å²) in [5.74, 6) is 0.811. The Bertz CT molecular complexity index is 827. The first kappa shape index (κ1) is 16.9. The van der Waals surface area contributed by atoms with Crippen molar-refractivity contribution in [1.82, 2.24) is 4.98 Å². The first-order chi connectivity index (χ1) is 11.7. The lowest BCUT2D eigenvalue weighted by Crippen LogP contribution is -1.99. The van der Waals surface area contributed by atoms with Gasteiger partial charge in [0.25, 0.3) is 0 Å². The Hall–Kier alpha value is -1.91. The van der Waals surface area contributed by atoms with Gasteiger partial charge in [-0.05, 0) is 72.8 Å². The highest BCUT2D eigenvalue weighted by Crippen LogP contribution is 2.33. The number of hydrogen-bond acceptors (Lipinski definition) is 2. The van der Waals surface area contributed by atoms with Crippen LogP contribution in [0.15, 0.2) is 75.9 Å². The van der Waals surface area contributed by atoms with Crippen molar-refractivity contribution in [2.45, 2.75) is 6.61 Å². The molecule has 0 N–H and O–H groups in total. The quantitative estimate of drug-likeness (QED) is 0.457. The van der Waals surface area contributed by atoms with Gasteiger partial charge in [0.1, 0.15) is 12.4 Å². The molecular formula is C20H15Br2NO. The topological polar surface area (TPSA) is 22.1 Å². The van der Waals surface area contributed by atoms with E-state index in [0.717, 1.165) is 31.4 Å². The van der Waals surface area contributed by atoms with Crippen molar-refractivity contribution < 1.29 is 4.74 Å². The number of benzene rings is 2. The molecule has 0 unspecified atom stereocenters. The van der Waals surface area contributed by atoms with E-state index in [0.29, 0.717) is 6.61 Å². The SMILES string of the molecule is Brc1cccc(Br)c1OCc1ccccc1C=Cc1ccncc1. The number of halogens is 2. The number of pyridine rings is 1. The van der Waals surface area contributed by atoms with E-state index < -0.39 is 0 Å². The second kappa shape index (κ2) is 8.27. The highest BCUT2D eigenvalue weighted by Gasteiger charge is 2.07. The maximum absolute atomic E-state index is 6.01. The molecule has 0 aliphatic carbocycles. The van der Waals surface area contributed by atoms with Gasteiger partial charge < -0.3 is 4.74 Å². The van der Waals surface area contributed by atoms with Crippen molar-refractivity contribution in [3.8, 4) is 5.75 Å². The van der Waals surface area contributed by atoms with Gasteiger partial charge in [-0.3, -0.25) is 4.98 Å². The van der Waals surface area contributed by atoms with Gasteiger partial charge in [-0.15, -0.1) is 0 Å². The van der Waals surface area contributed by atoms with Gasteiger partial charge in [-0.1, -0.05) is 42.5 Å². The molecule has 0 amide bonds. The molecule has 2 nitrogen and oxygen atoms in total. The fraction of sp³-hybridized carbons (Fsp3) is 0.0500. The third kappa shape index (κ3) is 4.34. The van der Waals surface area contributed by atoms with Crippen LogP contribution in [-0.2, 0) is 6.61 Å². The monoisotopic (exact) mass is 443 g/mol. The van der Waals surface area contributed by atoms with Gasteiger partial charge in [0.15, 0.2) is 0 Å². The number of rotatable bonds is 5. The lowest BCUT2D eigenvalue weighted by atomic mass is 10.1. The molecule has 120 valence electrons. The van der Waals surface area contributed by atoms with E-state index in [-0.39, 0.29) is 0 Å². The van der Waals surface area contributed by atoms with Crippen LogP contribution in [0.3, 0.4) is 0 Å². The highest BCUT2D eigenvalue weighted by molar-refractivity contribution is 9.11. The van der Waals surface area contributed by atoms with Gasteiger partial charge in [-0.25, -0.2) is 0 Å². The highest BCUT2D eigenvalue weighted by atomic mass is 79.9. The van der Waals surface area contributed by atoms with Crippen molar-refractivity contribution >= 4 is 44.0 Å². The summed E-state index contributed by atoms with van der Waals surface area (Å²) in [6, 6.07) is 18.1. The van der Waals surface area contributed by atoms with Gasteiger partial charge >= 0.3 is 0 Å². The predicted octanol–water partition coefficient (Wildman–Crippen LogP) is 6.36.